The number of nitrogens with zero attached hydrogens (tertiary/aromatic N) is 4. The molecule has 1 aromatic rings. The van der Waals surface area contributed by atoms with E-state index >= 15 is 0 Å². The fourth-order valence-electron chi connectivity index (χ4n) is 3.72. The Hall–Kier alpha value is -0.920. The summed E-state index contributed by atoms with van der Waals surface area (Å²) >= 11 is 0. The normalized spacial score (nSPS) is 24.3. The van der Waals surface area contributed by atoms with Crippen molar-refractivity contribution in [2.45, 2.75) is 56.9 Å². The van der Waals surface area contributed by atoms with Crippen molar-refractivity contribution in [1.29, 1.82) is 0 Å². The Bertz CT molecular complexity index is 642. The molecule has 3 aliphatic rings. The molecule has 1 aromatic heterocycles. The molecule has 3 heterocycles. The van der Waals surface area contributed by atoms with Crippen molar-refractivity contribution in [2.75, 3.05) is 26.2 Å². The molecule has 0 aromatic carbocycles. The number of fused-ring (bicyclic) bond motifs is 1. The average molecular weight is 338 g/mol. The standard InChI is InChI=1S/C16H26N4O2S/c21-23(22,16-5-6-16)19-8-3-7-18(10-11-19)13-14-12-15-4-1-2-9-20(15)17-14/h12,16H,1-11,13H2. The van der Waals surface area contributed by atoms with E-state index < -0.39 is 10.0 Å². The van der Waals surface area contributed by atoms with Crippen LogP contribution < -0.4 is 0 Å². The van der Waals surface area contributed by atoms with Crippen LogP contribution in [0.15, 0.2) is 6.07 Å². The zero-order valence-corrected chi connectivity index (χ0v) is 14.5. The molecule has 2 aliphatic heterocycles. The maximum atomic E-state index is 12.4. The van der Waals surface area contributed by atoms with E-state index in [0.29, 0.717) is 13.1 Å². The second-order valence-electron chi connectivity index (χ2n) is 7.08. The van der Waals surface area contributed by atoms with E-state index in [0.717, 1.165) is 57.6 Å². The summed E-state index contributed by atoms with van der Waals surface area (Å²) in [6.07, 6.45) is 6.25. The van der Waals surface area contributed by atoms with Crippen molar-refractivity contribution in [3.63, 3.8) is 0 Å². The molecule has 0 atom stereocenters. The lowest BCUT2D eigenvalue weighted by molar-refractivity contribution is 0.274. The highest BCUT2D eigenvalue weighted by atomic mass is 32.2. The van der Waals surface area contributed by atoms with Gasteiger partial charge in [-0.3, -0.25) is 9.58 Å². The molecule has 1 saturated heterocycles. The Morgan fingerprint density at radius 2 is 1.91 bits per heavy atom. The lowest BCUT2D eigenvalue weighted by Crippen LogP contribution is -2.37. The van der Waals surface area contributed by atoms with Crippen LogP contribution in [0.2, 0.25) is 0 Å². The predicted octanol–water partition coefficient (Wildman–Crippen LogP) is 1.22. The predicted molar refractivity (Wildman–Crippen MR) is 88.6 cm³/mol. The first-order valence-electron chi connectivity index (χ1n) is 8.90. The molecule has 0 spiro atoms. The zero-order chi connectivity index (χ0) is 15.9. The molecule has 4 rings (SSSR count). The van der Waals surface area contributed by atoms with Gasteiger partial charge in [-0.15, -0.1) is 0 Å². The Kier molecular flexibility index (Phi) is 4.19. The van der Waals surface area contributed by atoms with E-state index in [9.17, 15) is 8.42 Å². The molecule has 1 saturated carbocycles. The molecule has 7 heteroatoms. The molecule has 0 bridgehead atoms. The highest BCUT2D eigenvalue weighted by Crippen LogP contribution is 2.31. The van der Waals surface area contributed by atoms with Crippen molar-refractivity contribution < 1.29 is 8.42 Å². The van der Waals surface area contributed by atoms with Crippen LogP contribution >= 0.6 is 0 Å². The van der Waals surface area contributed by atoms with Gasteiger partial charge in [0.2, 0.25) is 10.0 Å². The highest BCUT2D eigenvalue weighted by molar-refractivity contribution is 7.90. The zero-order valence-electron chi connectivity index (χ0n) is 13.7. The number of rotatable bonds is 4. The molecular formula is C16H26N4O2S. The van der Waals surface area contributed by atoms with Gasteiger partial charge in [0.15, 0.2) is 0 Å². The van der Waals surface area contributed by atoms with Gasteiger partial charge in [0.25, 0.3) is 0 Å². The summed E-state index contributed by atoms with van der Waals surface area (Å²) in [5.74, 6) is 0. The summed E-state index contributed by atoms with van der Waals surface area (Å²) in [5.41, 5.74) is 2.50. The van der Waals surface area contributed by atoms with Crippen LogP contribution in [0.5, 0.6) is 0 Å². The third kappa shape index (κ3) is 3.32. The van der Waals surface area contributed by atoms with Crippen LogP contribution in [0, 0.1) is 0 Å². The Balaban J connectivity index is 1.38. The minimum atomic E-state index is -3.02. The molecular weight excluding hydrogens is 312 g/mol. The Morgan fingerprint density at radius 3 is 2.70 bits per heavy atom. The van der Waals surface area contributed by atoms with Gasteiger partial charge in [-0.05, 0) is 51.1 Å². The van der Waals surface area contributed by atoms with Crippen molar-refractivity contribution in [3.05, 3.63) is 17.5 Å². The molecule has 2 fully saturated rings. The molecule has 0 unspecified atom stereocenters. The summed E-state index contributed by atoms with van der Waals surface area (Å²) in [7, 11) is -3.02. The van der Waals surface area contributed by atoms with Crippen LogP contribution in [0.3, 0.4) is 0 Å². The summed E-state index contributed by atoms with van der Waals surface area (Å²) in [5, 5.41) is 4.64. The maximum absolute atomic E-state index is 12.4. The van der Waals surface area contributed by atoms with E-state index in [1.54, 1.807) is 4.31 Å². The van der Waals surface area contributed by atoms with Gasteiger partial charge >= 0.3 is 0 Å². The van der Waals surface area contributed by atoms with Gasteiger partial charge in [-0.25, -0.2) is 12.7 Å². The van der Waals surface area contributed by atoms with Crippen LogP contribution in [0.25, 0.3) is 0 Å². The van der Waals surface area contributed by atoms with E-state index in [2.05, 4.69) is 15.6 Å². The molecule has 0 N–H and O–H groups in total. The fraction of sp³-hybridized carbons (Fsp3) is 0.812. The summed E-state index contributed by atoms with van der Waals surface area (Å²) < 4.78 is 28.7. The first-order chi connectivity index (χ1) is 11.1. The topological polar surface area (TPSA) is 58.4 Å². The smallest absolute Gasteiger partial charge is 0.217 e. The number of aromatic nitrogens is 2. The average Bonchev–Trinajstić information content (AvgIpc) is 3.33. The second kappa shape index (κ2) is 6.18. The third-order valence-electron chi connectivity index (χ3n) is 5.21. The number of hydrogen-bond acceptors (Lipinski definition) is 4. The van der Waals surface area contributed by atoms with E-state index in [1.807, 2.05) is 0 Å². The maximum Gasteiger partial charge on any atom is 0.217 e. The fourth-order valence-corrected chi connectivity index (χ4v) is 5.59. The molecule has 23 heavy (non-hydrogen) atoms. The van der Waals surface area contributed by atoms with Crippen molar-refractivity contribution >= 4 is 10.0 Å². The van der Waals surface area contributed by atoms with E-state index in [-0.39, 0.29) is 5.25 Å². The van der Waals surface area contributed by atoms with Gasteiger partial charge in [-0.1, -0.05) is 0 Å². The van der Waals surface area contributed by atoms with Crippen molar-refractivity contribution in [2.24, 2.45) is 0 Å². The first-order valence-corrected chi connectivity index (χ1v) is 10.4. The summed E-state index contributed by atoms with van der Waals surface area (Å²) in [6.45, 7) is 4.97. The minimum Gasteiger partial charge on any atom is -0.296 e. The van der Waals surface area contributed by atoms with Gasteiger partial charge < -0.3 is 0 Å². The van der Waals surface area contributed by atoms with Crippen LogP contribution in [-0.4, -0.2) is 58.8 Å². The molecule has 6 nitrogen and oxygen atoms in total. The molecule has 0 radical (unpaired) electrons. The SMILES string of the molecule is O=S(=O)(C1CC1)N1CCCN(Cc2cc3n(n2)CCCC3)CC1. The largest absolute Gasteiger partial charge is 0.296 e. The summed E-state index contributed by atoms with van der Waals surface area (Å²) in [6, 6.07) is 2.24. The third-order valence-corrected chi connectivity index (χ3v) is 7.60. The number of aryl methyl sites for hydroxylation is 2. The second-order valence-corrected chi connectivity index (χ2v) is 9.29. The highest BCUT2D eigenvalue weighted by Gasteiger charge is 2.40. The van der Waals surface area contributed by atoms with E-state index in [4.69, 9.17) is 5.10 Å². The quantitative estimate of drug-likeness (QED) is 0.828. The van der Waals surface area contributed by atoms with Gasteiger partial charge in [-0.2, -0.15) is 5.10 Å². The monoisotopic (exact) mass is 338 g/mol. The lowest BCUT2D eigenvalue weighted by Gasteiger charge is -2.21. The van der Waals surface area contributed by atoms with Gasteiger partial charge in [0.1, 0.15) is 0 Å². The molecule has 128 valence electrons. The van der Waals surface area contributed by atoms with E-state index in [1.165, 1.54) is 18.5 Å². The van der Waals surface area contributed by atoms with Crippen molar-refractivity contribution in [1.82, 2.24) is 19.0 Å². The van der Waals surface area contributed by atoms with Crippen molar-refractivity contribution in [3.8, 4) is 0 Å². The number of sulfonamides is 1. The minimum absolute atomic E-state index is 0.0890. The summed E-state index contributed by atoms with van der Waals surface area (Å²) in [4.78, 5) is 2.36. The number of hydrogen-bond donors (Lipinski definition) is 0. The Labute approximate surface area is 138 Å². The van der Waals surface area contributed by atoms with Crippen LogP contribution in [0.1, 0.15) is 43.5 Å². The van der Waals surface area contributed by atoms with Gasteiger partial charge in [0, 0.05) is 38.4 Å². The Morgan fingerprint density at radius 1 is 1.04 bits per heavy atom. The van der Waals surface area contributed by atoms with Crippen LogP contribution in [0.4, 0.5) is 0 Å². The van der Waals surface area contributed by atoms with Crippen LogP contribution in [-0.2, 0) is 29.5 Å². The lowest BCUT2D eigenvalue weighted by atomic mass is 10.1. The molecule has 0 amide bonds. The van der Waals surface area contributed by atoms with Gasteiger partial charge in [0.05, 0.1) is 10.9 Å². The molecule has 1 aliphatic carbocycles. The first kappa shape index (κ1) is 15.6.